The Bertz CT molecular complexity index is 1170. The molecule has 1 heterocycles. The van der Waals surface area contributed by atoms with Gasteiger partial charge in [0.1, 0.15) is 6.54 Å². The van der Waals surface area contributed by atoms with E-state index in [2.05, 4.69) is 5.32 Å². The molecule has 28 heavy (non-hydrogen) atoms. The maximum Gasteiger partial charge on any atom is 0.317 e. The van der Waals surface area contributed by atoms with Crippen LogP contribution in [0.3, 0.4) is 0 Å². The number of aromatic nitrogens is 2. The summed E-state index contributed by atoms with van der Waals surface area (Å²) in [7, 11) is -1.03. The molecule has 0 bridgehead atoms. The molecule has 1 N–H and O–H groups in total. The number of nitrogens with zero attached hydrogens (tertiary/aromatic N) is 4. The molecule has 150 valence electrons. The van der Waals surface area contributed by atoms with E-state index in [1.54, 1.807) is 6.92 Å². The summed E-state index contributed by atoms with van der Waals surface area (Å²) in [5.41, 5.74) is -1.23. The second-order valence-corrected chi connectivity index (χ2v) is 8.29. The van der Waals surface area contributed by atoms with Crippen LogP contribution in [0.1, 0.15) is 13.3 Å². The maximum absolute atomic E-state index is 12.6. The Morgan fingerprint density at radius 2 is 1.82 bits per heavy atom. The second-order valence-electron chi connectivity index (χ2n) is 6.14. The first-order valence-corrected chi connectivity index (χ1v) is 9.92. The van der Waals surface area contributed by atoms with Gasteiger partial charge >= 0.3 is 11.1 Å². The molecule has 0 fully saturated rings. The molecule has 0 aliphatic heterocycles. The first kappa shape index (κ1) is 21.3. The molecule has 1 aromatic heterocycles. The molecule has 2 rings (SSSR count). The van der Waals surface area contributed by atoms with Gasteiger partial charge in [-0.05, 0) is 25.1 Å². The number of sulfonamides is 1. The van der Waals surface area contributed by atoms with Crippen LogP contribution in [0.4, 0.5) is 0 Å². The summed E-state index contributed by atoms with van der Waals surface area (Å²) in [6.07, 6.45) is 0.101. The minimum absolute atomic E-state index is 0.0654. The summed E-state index contributed by atoms with van der Waals surface area (Å²) in [6.45, 7) is 1.53. The third-order valence-electron chi connectivity index (χ3n) is 4.16. The number of hydrogen-bond acceptors (Lipinski definition) is 6. The van der Waals surface area contributed by atoms with Gasteiger partial charge in [-0.1, -0.05) is 0 Å². The highest BCUT2D eigenvalue weighted by molar-refractivity contribution is 7.89. The SMILES string of the molecule is CCn1c(=O)c(=O)n(CC(=O)NCCC#N)c2cc(S(=O)(=O)N(C)C)ccc21. The predicted octanol–water partition coefficient (Wildman–Crippen LogP) is -0.537. The van der Waals surface area contributed by atoms with Gasteiger partial charge in [-0.25, -0.2) is 12.7 Å². The van der Waals surface area contributed by atoms with Crippen molar-refractivity contribution in [3.05, 3.63) is 38.9 Å². The number of nitrogens with one attached hydrogen (secondary N) is 1. The molecule has 0 radical (unpaired) electrons. The molecule has 11 heteroatoms. The number of carbonyl (C=O) groups excluding carboxylic acids is 1. The molecule has 0 saturated heterocycles. The van der Waals surface area contributed by atoms with Crippen molar-refractivity contribution in [2.45, 2.75) is 31.3 Å². The highest BCUT2D eigenvalue weighted by Gasteiger charge is 2.21. The lowest BCUT2D eigenvalue weighted by atomic mass is 10.2. The first-order chi connectivity index (χ1) is 13.1. The molecule has 10 nitrogen and oxygen atoms in total. The Kier molecular flexibility index (Phi) is 6.37. The average Bonchev–Trinajstić information content (AvgIpc) is 2.65. The Labute approximate surface area is 161 Å². The largest absolute Gasteiger partial charge is 0.354 e. The van der Waals surface area contributed by atoms with Crippen molar-refractivity contribution in [2.24, 2.45) is 0 Å². The number of amides is 1. The Morgan fingerprint density at radius 1 is 1.18 bits per heavy atom. The average molecular weight is 407 g/mol. The van der Waals surface area contributed by atoms with Crippen LogP contribution in [-0.4, -0.2) is 48.4 Å². The number of hydrogen-bond donors (Lipinski definition) is 1. The van der Waals surface area contributed by atoms with Crippen molar-refractivity contribution >= 4 is 27.0 Å². The van der Waals surface area contributed by atoms with Crippen LogP contribution >= 0.6 is 0 Å². The van der Waals surface area contributed by atoms with E-state index in [9.17, 15) is 22.8 Å². The van der Waals surface area contributed by atoms with E-state index in [1.165, 1.54) is 36.9 Å². The standard InChI is InChI=1S/C17H21N5O5S/c1-4-21-13-7-6-12(28(26,27)20(2)3)10-14(13)22(17(25)16(21)24)11-15(23)19-9-5-8-18/h6-7,10H,4-5,9,11H2,1-3H3,(H,19,23). The van der Waals surface area contributed by atoms with Gasteiger partial charge in [-0.15, -0.1) is 0 Å². The number of carbonyl (C=O) groups is 1. The molecule has 2 aromatic rings. The predicted molar refractivity (Wildman–Crippen MR) is 102 cm³/mol. The van der Waals surface area contributed by atoms with Crippen LogP contribution in [0.2, 0.25) is 0 Å². The Morgan fingerprint density at radius 3 is 2.39 bits per heavy atom. The van der Waals surface area contributed by atoms with Crippen LogP contribution in [0.25, 0.3) is 11.0 Å². The topological polar surface area (TPSA) is 134 Å². The van der Waals surface area contributed by atoms with Crippen molar-refractivity contribution < 1.29 is 13.2 Å². The van der Waals surface area contributed by atoms with E-state index in [-0.39, 0.29) is 29.9 Å². The van der Waals surface area contributed by atoms with Crippen LogP contribution in [-0.2, 0) is 27.9 Å². The van der Waals surface area contributed by atoms with Crippen molar-refractivity contribution in [3.8, 4) is 6.07 Å². The summed E-state index contributed by atoms with van der Waals surface area (Å²) in [6, 6.07) is 5.95. The summed E-state index contributed by atoms with van der Waals surface area (Å²) in [5, 5.41) is 11.0. The Hall–Kier alpha value is -2.97. The van der Waals surface area contributed by atoms with Crippen LogP contribution < -0.4 is 16.4 Å². The normalized spacial score (nSPS) is 11.5. The van der Waals surface area contributed by atoms with E-state index in [0.717, 1.165) is 8.87 Å². The zero-order chi connectivity index (χ0) is 21.1. The lowest BCUT2D eigenvalue weighted by Gasteiger charge is -2.16. The molecular weight excluding hydrogens is 386 g/mol. The van der Waals surface area contributed by atoms with Gasteiger partial charge in [-0.3, -0.25) is 19.0 Å². The Balaban J connectivity index is 2.72. The molecule has 0 saturated carbocycles. The molecule has 0 aliphatic carbocycles. The fourth-order valence-electron chi connectivity index (χ4n) is 2.70. The summed E-state index contributed by atoms with van der Waals surface area (Å²) in [4.78, 5) is 37.0. The van der Waals surface area contributed by atoms with Gasteiger partial charge in [0.05, 0.1) is 28.4 Å². The monoisotopic (exact) mass is 407 g/mol. The zero-order valence-electron chi connectivity index (χ0n) is 15.8. The van der Waals surface area contributed by atoms with Crippen LogP contribution in [0, 0.1) is 11.3 Å². The van der Waals surface area contributed by atoms with Gasteiger partial charge in [0.2, 0.25) is 15.9 Å². The lowest BCUT2D eigenvalue weighted by Crippen LogP contribution is -2.44. The van der Waals surface area contributed by atoms with Gasteiger partial charge in [0, 0.05) is 27.2 Å². The molecule has 1 amide bonds. The third kappa shape index (κ3) is 3.97. The number of benzene rings is 1. The summed E-state index contributed by atoms with van der Waals surface area (Å²) >= 11 is 0. The molecule has 0 unspecified atom stereocenters. The maximum atomic E-state index is 12.6. The van der Waals surface area contributed by atoms with E-state index in [0.29, 0.717) is 5.52 Å². The molecule has 0 aliphatic rings. The van der Waals surface area contributed by atoms with Crippen molar-refractivity contribution in [1.82, 2.24) is 18.8 Å². The minimum Gasteiger partial charge on any atom is -0.354 e. The fourth-order valence-corrected chi connectivity index (χ4v) is 3.62. The van der Waals surface area contributed by atoms with Gasteiger partial charge in [0.15, 0.2) is 0 Å². The van der Waals surface area contributed by atoms with Crippen LogP contribution in [0.15, 0.2) is 32.7 Å². The summed E-state index contributed by atoms with van der Waals surface area (Å²) < 4.78 is 28.1. The molecule has 0 spiro atoms. The van der Waals surface area contributed by atoms with Crippen molar-refractivity contribution in [2.75, 3.05) is 20.6 Å². The highest BCUT2D eigenvalue weighted by atomic mass is 32.2. The number of fused-ring (bicyclic) bond motifs is 1. The molecule has 1 aromatic carbocycles. The van der Waals surface area contributed by atoms with E-state index in [1.807, 2.05) is 6.07 Å². The third-order valence-corrected chi connectivity index (χ3v) is 5.97. The van der Waals surface area contributed by atoms with E-state index >= 15 is 0 Å². The number of aryl methyl sites for hydroxylation is 1. The van der Waals surface area contributed by atoms with Crippen molar-refractivity contribution in [1.29, 1.82) is 5.26 Å². The highest BCUT2D eigenvalue weighted by Crippen LogP contribution is 2.19. The molecule has 0 atom stereocenters. The second kappa shape index (κ2) is 8.37. The smallest absolute Gasteiger partial charge is 0.317 e. The number of nitriles is 1. The van der Waals surface area contributed by atoms with E-state index in [4.69, 9.17) is 5.26 Å². The quantitative estimate of drug-likeness (QED) is 0.484. The van der Waals surface area contributed by atoms with Gasteiger partial charge < -0.3 is 9.88 Å². The fraction of sp³-hybridized carbons (Fsp3) is 0.412. The minimum atomic E-state index is -3.78. The zero-order valence-corrected chi connectivity index (χ0v) is 16.6. The summed E-state index contributed by atoms with van der Waals surface area (Å²) in [5.74, 6) is -0.562. The van der Waals surface area contributed by atoms with Gasteiger partial charge in [0.25, 0.3) is 0 Å². The van der Waals surface area contributed by atoms with Crippen molar-refractivity contribution in [3.63, 3.8) is 0 Å². The van der Waals surface area contributed by atoms with E-state index < -0.39 is 33.6 Å². The first-order valence-electron chi connectivity index (χ1n) is 8.48. The molecular formula is C17H21N5O5S. The van der Waals surface area contributed by atoms with Gasteiger partial charge in [-0.2, -0.15) is 5.26 Å². The number of rotatable bonds is 7. The lowest BCUT2D eigenvalue weighted by molar-refractivity contribution is -0.121. The van der Waals surface area contributed by atoms with Crippen LogP contribution in [0.5, 0.6) is 0 Å².